The topological polar surface area (TPSA) is 78.1 Å². The van der Waals surface area contributed by atoms with Gasteiger partial charge in [0, 0.05) is 20.3 Å². The fraction of sp³-hybridized carbons (Fsp3) is 0.308. The fourth-order valence-electron chi connectivity index (χ4n) is 1.86. The molecule has 2 rings (SSSR count). The van der Waals surface area contributed by atoms with Crippen molar-refractivity contribution < 1.29 is 23.7 Å². The van der Waals surface area contributed by atoms with Crippen LogP contribution in [0.2, 0.25) is 0 Å². The zero-order chi connectivity index (χ0) is 14.0. The maximum absolute atomic E-state index is 11.9. The Morgan fingerprint density at radius 3 is 2.42 bits per heavy atom. The first-order valence-corrected chi connectivity index (χ1v) is 5.51. The first-order valence-electron chi connectivity index (χ1n) is 5.51. The summed E-state index contributed by atoms with van der Waals surface area (Å²) in [6.45, 7) is 0. The number of fused-ring (bicyclic) bond motifs is 1. The van der Waals surface area contributed by atoms with Crippen LogP contribution in [0.5, 0.6) is 11.5 Å². The Morgan fingerprint density at radius 1 is 1.16 bits per heavy atom. The average Bonchev–Trinajstić information content (AvgIpc) is 2.39. The third-order valence-electron chi connectivity index (χ3n) is 2.73. The molecule has 0 aliphatic heterocycles. The van der Waals surface area contributed by atoms with Crippen LogP contribution in [-0.2, 0) is 9.47 Å². The molecule has 1 aromatic carbocycles. The van der Waals surface area contributed by atoms with E-state index in [1.807, 2.05) is 0 Å². The second kappa shape index (κ2) is 5.29. The molecule has 19 heavy (non-hydrogen) atoms. The lowest BCUT2D eigenvalue weighted by Gasteiger charge is -2.12. The van der Waals surface area contributed by atoms with E-state index in [1.165, 1.54) is 27.4 Å². The minimum atomic E-state index is -0.787. The van der Waals surface area contributed by atoms with Gasteiger partial charge in [-0.2, -0.15) is 0 Å². The molecule has 0 saturated carbocycles. The van der Waals surface area contributed by atoms with E-state index in [1.54, 1.807) is 12.1 Å². The molecule has 0 saturated heterocycles. The molecule has 0 bridgehead atoms. The molecule has 0 amide bonds. The molecule has 0 radical (unpaired) electrons. The third-order valence-corrected chi connectivity index (χ3v) is 2.73. The molecule has 0 unspecified atom stereocenters. The summed E-state index contributed by atoms with van der Waals surface area (Å²) in [5.41, 5.74) is -0.660. The highest BCUT2D eigenvalue weighted by Crippen LogP contribution is 2.30. The van der Waals surface area contributed by atoms with Crippen LogP contribution in [0, 0.1) is 0 Å². The second-order valence-electron chi connectivity index (χ2n) is 3.85. The van der Waals surface area contributed by atoms with Crippen LogP contribution >= 0.6 is 0 Å². The third kappa shape index (κ3) is 2.40. The zero-order valence-electron chi connectivity index (χ0n) is 10.8. The van der Waals surface area contributed by atoms with Crippen molar-refractivity contribution in [2.45, 2.75) is 6.29 Å². The first-order chi connectivity index (χ1) is 9.10. The van der Waals surface area contributed by atoms with E-state index in [0.29, 0.717) is 11.1 Å². The zero-order valence-corrected chi connectivity index (χ0v) is 10.8. The van der Waals surface area contributed by atoms with E-state index in [4.69, 9.17) is 18.6 Å². The molecule has 102 valence electrons. The van der Waals surface area contributed by atoms with Crippen LogP contribution in [0.3, 0.4) is 0 Å². The summed E-state index contributed by atoms with van der Waals surface area (Å²) >= 11 is 0. The lowest BCUT2D eigenvalue weighted by atomic mass is 10.1. The fourth-order valence-corrected chi connectivity index (χ4v) is 1.86. The molecular formula is C13H14O6. The van der Waals surface area contributed by atoms with Crippen molar-refractivity contribution in [3.63, 3.8) is 0 Å². The summed E-state index contributed by atoms with van der Waals surface area (Å²) in [4.78, 5) is 11.9. The first kappa shape index (κ1) is 13.4. The van der Waals surface area contributed by atoms with E-state index in [9.17, 15) is 9.90 Å². The maximum Gasteiger partial charge on any atom is 0.347 e. The summed E-state index contributed by atoms with van der Waals surface area (Å²) in [6, 6.07) is 4.54. The van der Waals surface area contributed by atoms with Gasteiger partial charge in [-0.3, -0.25) is 0 Å². The molecule has 6 nitrogen and oxygen atoms in total. The van der Waals surface area contributed by atoms with Crippen LogP contribution in [0.1, 0.15) is 12.1 Å². The van der Waals surface area contributed by atoms with Gasteiger partial charge < -0.3 is 23.7 Å². The summed E-state index contributed by atoms with van der Waals surface area (Å²) in [5.74, 6) is 0.462. The Hall–Kier alpha value is -2.05. The number of phenols is 1. The number of rotatable bonds is 4. The lowest BCUT2D eigenvalue weighted by Crippen LogP contribution is -2.09. The number of phenolic OH excluding ortho intramolecular Hbond substituents is 1. The largest absolute Gasteiger partial charge is 0.507 e. The van der Waals surface area contributed by atoms with Gasteiger partial charge in [0.1, 0.15) is 16.9 Å². The van der Waals surface area contributed by atoms with Gasteiger partial charge in [0.15, 0.2) is 5.76 Å². The Morgan fingerprint density at radius 2 is 1.84 bits per heavy atom. The van der Waals surface area contributed by atoms with E-state index in [2.05, 4.69) is 0 Å². The predicted molar refractivity (Wildman–Crippen MR) is 67.5 cm³/mol. The average molecular weight is 266 g/mol. The van der Waals surface area contributed by atoms with Gasteiger partial charge in [0.2, 0.25) is 6.29 Å². The Balaban J connectivity index is 2.71. The second-order valence-corrected chi connectivity index (χ2v) is 3.85. The lowest BCUT2D eigenvalue weighted by molar-refractivity contribution is -0.118. The van der Waals surface area contributed by atoms with Crippen LogP contribution in [0.25, 0.3) is 10.8 Å². The minimum Gasteiger partial charge on any atom is -0.507 e. The molecule has 0 spiro atoms. The number of ether oxygens (including phenoxy) is 3. The summed E-state index contributed by atoms with van der Waals surface area (Å²) in [6.07, 6.45) is -0.787. The summed E-state index contributed by atoms with van der Waals surface area (Å²) in [5, 5.41) is 10.4. The smallest absolute Gasteiger partial charge is 0.347 e. The van der Waals surface area contributed by atoms with Gasteiger partial charge in [0.05, 0.1) is 7.11 Å². The standard InChI is InChI=1S/C13H14O6/c1-16-8-4-7-5-10(13(17-2)18-3)19-12(15)11(7)9(14)6-8/h4-6,13-14H,1-3H3. The molecule has 1 aromatic heterocycles. The minimum absolute atomic E-state index is 0.0931. The highest BCUT2D eigenvalue weighted by Gasteiger charge is 2.17. The summed E-state index contributed by atoms with van der Waals surface area (Å²) < 4.78 is 20.2. The molecule has 0 fully saturated rings. The SMILES string of the molecule is COc1cc(O)c2c(=O)oc(C(OC)OC)cc2c1. The van der Waals surface area contributed by atoms with Crippen LogP contribution in [0.15, 0.2) is 27.4 Å². The van der Waals surface area contributed by atoms with E-state index < -0.39 is 11.9 Å². The highest BCUT2D eigenvalue weighted by atomic mass is 16.7. The molecular weight excluding hydrogens is 252 g/mol. The van der Waals surface area contributed by atoms with Gasteiger partial charge in [-0.05, 0) is 17.5 Å². The van der Waals surface area contributed by atoms with Crippen molar-refractivity contribution in [3.8, 4) is 11.5 Å². The Bertz CT molecular complexity index is 641. The van der Waals surface area contributed by atoms with Crippen molar-refractivity contribution in [1.29, 1.82) is 0 Å². The molecule has 1 N–H and O–H groups in total. The highest BCUT2D eigenvalue weighted by molar-refractivity contribution is 5.88. The molecule has 1 heterocycles. The predicted octanol–water partition coefficient (Wildman–Crippen LogP) is 1.80. The van der Waals surface area contributed by atoms with Gasteiger partial charge >= 0.3 is 5.63 Å². The number of benzene rings is 1. The van der Waals surface area contributed by atoms with Gasteiger partial charge in [-0.15, -0.1) is 0 Å². The normalized spacial score (nSPS) is 11.2. The van der Waals surface area contributed by atoms with Crippen molar-refractivity contribution in [2.75, 3.05) is 21.3 Å². The van der Waals surface area contributed by atoms with Crippen molar-refractivity contribution in [1.82, 2.24) is 0 Å². The van der Waals surface area contributed by atoms with Crippen molar-refractivity contribution >= 4 is 10.8 Å². The number of aromatic hydroxyl groups is 1. The Labute approximate surface area is 109 Å². The maximum atomic E-state index is 11.9. The molecule has 0 aliphatic rings. The number of hydrogen-bond acceptors (Lipinski definition) is 6. The van der Waals surface area contributed by atoms with Crippen molar-refractivity contribution in [3.05, 3.63) is 34.4 Å². The molecule has 0 atom stereocenters. The van der Waals surface area contributed by atoms with Crippen LogP contribution in [-0.4, -0.2) is 26.4 Å². The quantitative estimate of drug-likeness (QED) is 0.850. The number of methoxy groups -OCH3 is 3. The summed E-state index contributed by atoms with van der Waals surface area (Å²) in [7, 11) is 4.34. The van der Waals surface area contributed by atoms with E-state index in [0.717, 1.165) is 0 Å². The molecule has 6 heteroatoms. The Kier molecular flexibility index (Phi) is 3.73. The van der Waals surface area contributed by atoms with Gasteiger partial charge in [0.25, 0.3) is 0 Å². The van der Waals surface area contributed by atoms with E-state index >= 15 is 0 Å². The molecule has 2 aromatic rings. The van der Waals surface area contributed by atoms with Gasteiger partial charge in [-0.25, -0.2) is 4.79 Å². The van der Waals surface area contributed by atoms with E-state index in [-0.39, 0.29) is 16.9 Å². The van der Waals surface area contributed by atoms with Crippen LogP contribution < -0.4 is 10.4 Å². The number of hydrogen-bond donors (Lipinski definition) is 1. The monoisotopic (exact) mass is 266 g/mol. The van der Waals surface area contributed by atoms with Crippen molar-refractivity contribution in [2.24, 2.45) is 0 Å². The van der Waals surface area contributed by atoms with Crippen LogP contribution in [0.4, 0.5) is 0 Å². The van der Waals surface area contributed by atoms with Gasteiger partial charge in [-0.1, -0.05) is 0 Å². The molecule has 0 aliphatic carbocycles.